The molecule has 0 N–H and O–H groups in total. The lowest BCUT2D eigenvalue weighted by atomic mass is 10.1. The minimum atomic E-state index is 0.322. The van der Waals surface area contributed by atoms with Crippen LogP contribution in [0.5, 0.6) is 0 Å². The van der Waals surface area contributed by atoms with E-state index in [9.17, 15) is 0 Å². The van der Waals surface area contributed by atoms with Crippen LogP contribution in [0, 0.1) is 0 Å². The second kappa shape index (κ2) is 6.01. The molecular weight excluding hydrogens is 302 g/mol. The molecule has 0 spiro atoms. The second-order valence-corrected chi connectivity index (χ2v) is 5.61. The Kier molecular flexibility index (Phi) is 4.62. The van der Waals surface area contributed by atoms with Gasteiger partial charge in [-0.05, 0) is 46.8 Å². The lowest BCUT2D eigenvalue weighted by molar-refractivity contribution is 0.551. The summed E-state index contributed by atoms with van der Waals surface area (Å²) >= 11 is 9.42. The van der Waals surface area contributed by atoms with E-state index in [2.05, 4.69) is 37.7 Å². The van der Waals surface area contributed by atoms with Gasteiger partial charge in [-0.1, -0.05) is 19.8 Å². The topological polar surface area (TPSA) is 29.0 Å². The van der Waals surface area contributed by atoms with E-state index in [1.54, 1.807) is 6.20 Å². The molecule has 1 aliphatic heterocycles. The molecule has 0 amide bonds. The van der Waals surface area contributed by atoms with E-state index >= 15 is 0 Å². The summed E-state index contributed by atoms with van der Waals surface area (Å²) in [6, 6.07) is 0.569. The molecule has 2 heterocycles. The van der Waals surface area contributed by atoms with Crippen LogP contribution in [0.2, 0.25) is 5.28 Å². The predicted molar refractivity (Wildman–Crippen MR) is 74.6 cm³/mol. The van der Waals surface area contributed by atoms with Crippen LogP contribution >= 0.6 is 27.5 Å². The Balaban J connectivity index is 2.31. The monoisotopic (exact) mass is 317 g/mol. The van der Waals surface area contributed by atoms with Gasteiger partial charge in [0, 0.05) is 18.8 Å². The standard InChI is InChI=1S/C12H17BrClN3/c1-2-9-6-4-3-5-7-17(9)11-10(13)8-15-12(14)16-11/h8-9H,2-7H2,1H3. The third-order valence-corrected chi connectivity index (χ3v) is 4.06. The highest BCUT2D eigenvalue weighted by Gasteiger charge is 2.22. The Morgan fingerprint density at radius 2 is 2.29 bits per heavy atom. The first-order valence-corrected chi connectivity index (χ1v) is 7.34. The summed E-state index contributed by atoms with van der Waals surface area (Å²) in [7, 11) is 0. The Morgan fingerprint density at radius 3 is 3.06 bits per heavy atom. The largest absolute Gasteiger partial charge is 0.353 e. The maximum atomic E-state index is 5.90. The Morgan fingerprint density at radius 1 is 1.47 bits per heavy atom. The molecular formula is C12H17BrClN3. The van der Waals surface area contributed by atoms with Gasteiger partial charge in [0.05, 0.1) is 4.47 Å². The van der Waals surface area contributed by atoms with Gasteiger partial charge in [0.15, 0.2) is 0 Å². The number of nitrogens with zero attached hydrogens (tertiary/aromatic N) is 3. The van der Waals surface area contributed by atoms with Crippen LogP contribution in [-0.2, 0) is 0 Å². The summed E-state index contributed by atoms with van der Waals surface area (Å²) < 4.78 is 0.933. The highest BCUT2D eigenvalue weighted by atomic mass is 79.9. The summed E-state index contributed by atoms with van der Waals surface area (Å²) in [6.45, 7) is 3.30. The van der Waals surface area contributed by atoms with Crippen molar-refractivity contribution < 1.29 is 0 Å². The van der Waals surface area contributed by atoms with E-state index in [4.69, 9.17) is 11.6 Å². The van der Waals surface area contributed by atoms with Gasteiger partial charge in [-0.3, -0.25) is 0 Å². The van der Waals surface area contributed by atoms with E-state index < -0.39 is 0 Å². The first kappa shape index (κ1) is 13.1. The van der Waals surface area contributed by atoms with Crippen molar-refractivity contribution in [3.63, 3.8) is 0 Å². The van der Waals surface area contributed by atoms with Gasteiger partial charge in [-0.2, -0.15) is 4.98 Å². The number of anilines is 1. The first-order valence-electron chi connectivity index (χ1n) is 6.17. The summed E-state index contributed by atoms with van der Waals surface area (Å²) in [5.74, 6) is 0.943. The summed E-state index contributed by atoms with van der Waals surface area (Å²) in [4.78, 5) is 10.7. The third-order valence-electron chi connectivity index (χ3n) is 3.32. The fourth-order valence-corrected chi connectivity index (χ4v) is 2.97. The van der Waals surface area contributed by atoms with E-state index in [1.807, 2.05) is 0 Å². The Hall–Kier alpha value is -0.350. The maximum Gasteiger partial charge on any atom is 0.224 e. The third kappa shape index (κ3) is 3.10. The van der Waals surface area contributed by atoms with Gasteiger partial charge in [0.2, 0.25) is 5.28 Å². The smallest absolute Gasteiger partial charge is 0.224 e. The lowest BCUT2D eigenvalue weighted by Crippen LogP contribution is -2.35. The van der Waals surface area contributed by atoms with Crippen molar-refractivity contribution in [3.8, 4) is 0 Å². The number of hydrogen-bond donors (Lipinski definition) is 0. The molecule has 0 aromatic carbocycles. The van der Waals surface area contributed by atoms with Gasteiger partial charge in [-0.25, -0.2) is 4.98 Å². The fraction of sp³-hybridized carbons (Fsp3) is 0.667. The fourth-order valence-electron chi connectivity index (χ4n) is 2.42. The van der Waals surface area contributed by atoms with Crippen LogP contribution < -0.4 is 4.90 Å². The van der Waals surface area contributed by atoms with Gasteiger partial charge in [0.1, 0.15) is 5.82 Å². The normalized spacial score (nSPS) is 21.4. The lowest BCUT2D eigenvalue weighted by Gasteiger charge is -2.31. The molecule has 1 unspecified atom stereocenters. The number of halogens is 2. The molecule has 1 aromatic heterocycles. The maximum absolute atomic E-state index is 5.90. The Bertz CT molecular complexity index is 386. The zero-order chi connectivity index (χ0) is 12.3. The van der Waals surface area contributed by atoms with Crippen molar-refractivity contribution in [1.29, 1.82) is 0 Å². The zero-order valence-corrected chi connectivity index (χ0v) is 12.3. The molecule has 1 fully saturated rings. The average Bonchev–Trinajstić information content (AvgIpc) is 2.57. The summed E-state index contributed by atoms with van der Waals surface area (Å²) in [6.07, 6.45) is 7.97. The van der Waals surface area contributed by atoms with Gasteiger partial charge in [0.25, 0.3) is 0 Å². The number of aromatic nitrogens is 2. The van der Waals surface area contributed by atoms with Gasteiger partial charge in [-0.15, -0.1) is 0 Å². The zero-order valence-electron chi connectivity index (χ0n) is 9.99. The summed E-state index contributed by atoms with van der Waals surface area (Å²) in [5.41, 5.74) is 0. The van der Waals surface area contributed by atoms with Crippen LogP contribution in [-0.4, -0.2) is 22.6 Å². The van der Waals surface area contributed by atoms with Crippen molar-refractivity contribution in [2.24, 2.45) is 0 Å². The molecule has 1 aliphatic rings. The van der Waals surface area contributed by atoms with Crippen LogP contribution in [0.4, 0.5) is 5.82 Å². The van der Waals surface area contributed by atoms with Crippen molar-refractivity contribution in [3.05, 3.63) is 16.0 Å². The number of rotatable bonds is 2. The first-order chi connectivity index (χ1) is 8.22. The van der Waals surface area contributed by atoms with E-state index in [1.165, 1.54) is 25.7 Å². The van der Waals surface area contributed by atoms with Crippen molar-refractivity contribution >= 4 is 33.3 Å². The predicted octanol–water partition coefficient (Wildman–Crippen LogP) is 4.05. The van der Waals surface area contributed by atoms with Gasteiger partial charge >= 0.3 is 0 Å². The van der Waals surface area contributed by atoms with E-state index in [-0.39, 0.29) is 0 Å². The minimum absolute atomic E-state index is 0.322. The van der Waals surface area contributed by atoms with E-state index in [0.717, 1.165) is 23.3 Å². The van der Waals surface area contributed by atoms with Crippen molar-refractivity contribution in [2.45, 2.75) is 45.1 Å². The Labute approximate surface area is 116 Å². The molecule has 1 aromatic rings. The van der Waals surface area contributed by atoms with Crippen LogP contribution in [0.3, 0.4) is 0 Å². The van der Waals surface area contributed by atoms with Gasteiger partial charge < -0.3 is 4.90 Å². The highest BCUT2D eigenvalue weighted by Crippen LogP contribution is 2.30. The molecule has 2 rings (SSSR count). The molecule has 0 aliphatic carbocycles. The van der Waals surface area contributed by atoms with Crippen LogP contribution in [0.1, 0.15) is 39.0 Å². The van der Waals surface area contributed by atoms with Crippen LogP contribution in [0.15, 0.2) is 10.7 Å². The molecule has 1 atom stereocenters. The van der Waals surface area contributed by atoms with E-state index in [0.29, 0.717) is 11.3 Å². The molecule has 94 valence electrons. The highest BCUT2D eigenvalue weighted by molar-refractivity contribution is 9.10. The van der Waals surface area contributed by atoms with Crippen molar-refractivity contribution in [1.82, 2.24) is 9.97 Å². The molecule has 0 saturated carbocycles. The minimum Gasteiger partial charge on any atom is -0.353 e. The average molecular weight is 319 g/mol. The number of hydrogen-bond acceptors (Lipinski definition) is 3. The summed E-state index contributed by atoms with van der Waals surface area (Å²) in [5, 5.41) is 0.322. The quantitative estimate of drug-likeness (QED) is 0.770. The second-order valence-electron chi connectivity index (χ2n) is 4.42. The SMILES string of the molecule is CCC1CCCCCN1c1nc(Cl)ncc1Br. The molecule has 5 heteroatoms. The molecule has 17 heavy (non-hydrogen) atoms. The molecule has 0 bridgehead atoms. The van der Waals surface area contributed by atoms with Crippen LogP contribution in [0.25, 0.3) is 0 Å². The molecule has 0 radical (unpaired) electrons. The molecule has 3 nitrogen and oxygen atoms in total. The van der Waals surface area contributed by atoms with Crippen molar-refractivity contribution in [2.75, 3.05) is 11.4 Å². The molecule has 1 saturated heterocycles.